The number of ether oxygens (including phenoxy) is 1. The van der Waals surface area contributed by atoms with Crippen molar-refractivity contribution in [1.29, 1.82) is 0 Å². The van der Waals surface area contributed by atoms with Gasteiger partial charge in [-0.1, -0.05) is 43.7 Å². The first-order chi connectivity index (χ1) is 13.2. The molecule has 0 aliphatic heterocycles. The van der Waals surface area contributed by atoms with E-state index in [0.29, 0.717) is 6.04 Å². The van der Waals surface area contributed by atoms with E-state index in [2.05, 4.69) is 54.1 Å². The highest BCUT2D eigenvalue weighted by atomic mass is 16.5. The molecule has 2 unspecified atom stereocenters. The summed E-state index contributed by atoms with van der Waals surface area (Å²) in [6.45, 7) is 7.44. The fourth-order valence-electron chi connectivity index (χ4n) is 3.39. The number of benzene rings is 2. The van der Waals surface area contributed by atoms with Gasteiger partial charge in [-0.15, -0.1) is 0 Å². The second-order valence-corrected chi connectivity index (χ2v) is 6.79. The molecule has 0 spiro atoms. The van der Waals surface area contributed by atoms with Crippen LogP contribution in [0, 0.1) is 0 Å². The third-order valence-corrected chi connectivity index (χ3v) is 4.78. The molecule has 1 N–H and O–H groups in total. The predicted molar refractivity (Wildman–Crippen MR) is 110 cm³/mol. The Morgan fingerprint density at radius 2 is 1.67 bits per heavy atom. The normalized spacial score (nSPS) is 13.3. The standard InChI is InChI=1S/C23H29N3O/c1-4-9-22(25-18(3)23-16-17-24-26(23)5-2)19-12-14-21(15-13-19)27-20-10-7-6-8-11-20/h6-8,10-18,22,25H,4-5,9H2,1-3H3. The smallest absolute Gasteiger partial charge is 0.127 e. The van der Waals surface area contributed by atoms with Gasteiger partial charge >= 0.3 is 0 Å². The van der Waals surface area contributed by atoms with E-state index < -0.39 is 0 Å². The third kappa shape index (κ3) is 4.98. The highest BCUT2D eigenvalue weighted by molar-refractivity contribution is 5.34. The number of aromatic nitrogens is 2. The van der Waals surface area contributed by atoms with Crippen molar-refractivity contribution in [1.82, 2.24) is 15.1 Å². The zero-order valence-corrected chi connectivity index (χ0v) is 16.4. The number of hydrogen-bond acceptors (Lipinski definition) is 3. The summed E-state index contributed by atoms with van der Waals surface area (Å²) in [4.78, 5) is 0. The Balaban J connectivity index is 1.70. The van der Waals surface area contributed by atoms with Crippen LogP contribution in [-0.2, 0) is 6.54 Å². The molecule has 4 nitrogen and oxygen atoms in total. The average Bonchev–Trinajstić information content (AvgIpc) is 3.18. The minimum atomic E-state index is 0.240. The molecule has 4 heteroatoms. The predicted octanol–water partition coefficient (Wildman–Crippen LogP) is 5.89. The first-order valence-electron chi connectivity index (χ1n) is 9.81. The molecule has 2 aromatic carbocycles. The Kier molecular flexibility index (Phi) is 6.66. The molecule has 3 aromatic rings. The molecule has 2 atom stereocenters. The Morgan fingerprint density at radius 1 is 0.963 bits per heavy atom. The molecular formula is C23H29N3O. The van der Waals surface area contributed by atoms with Gasteiger partial charge in [0.1, 0.15) is 11.5 Å². The molecule has 0 aliphatic carbocycles. The summed E-state index contributed by atoms with van der Waals surface area (Å²) < 4.78 is 7.96. The lowest BCUT2D eigenvalue weighted by Crippen LogP contribution is -2.26. The topological polar surface area (TPSA) is 39.1 Å². The summed E-state index contributed by atoms with van der Waals surface area (Å²) in [5.74, 6) is 1.72. The third-order valence-electron chi connectivity index (χ3n) is 4.78. The van der Waals surface area contributed by atoms with E-state index in [0.717, 1.165) is 30.9 Å². The van der Waals surface area contributed by atoms with E-state index in [9.17, 15) is 0 Å². The van der Waals surface area contributed by atoms with Crippen LogP contribution in [0.15, 0.2) is 66.9 Å². The van der Waals surface area contributed by atoms with Crippen molar-refractivity contribution >= 4 is 0 Å². The van der Waals surface area contributed by atoms with Gasteiger partial charge in [-0.05, 0) is 56.2 Å². The quantitative estimate of drug-likeness (QED) is 0.515. The maximum absolute atomic E-state index is 5.91. The Labute approximate surface area is 162 Å². The maximum atomic E-state index is 5.91. The Morgan fingerprint density at radius 3 is 2.33 bits per heavy atom. The van der Waals surface area contributed by atoms with Crippen molar-refractivity contribution in [2.75, 3.05) is 0 Å². The fourth-order valence-corrected chi connectivity index (χ4v) is 3.39. The van der Waals surface area contributed by atoms with Gasteiger partial charge in [-0.3, -0.25) is 4.68 Å². The van der Waals surface area contributed by atoms with Gasteiger partial charge in [0, 0.05) is 24.8 Å². The second-order valence-electron chi connectivity index (χ2n) is 6.79. The highest BCUT2D eigenvalue weighted by Crippen LogP contribution is 2.27. The van der Waals surface area contributed by atoms with Gasteiger partial charge in [0.15, 0.2) is 0 Å². The monoisotopic (exact) mass is 363 g/mol. The van der Waals surface area contributed by atoms with Crippen LogP contribution in [-0.4, -0.2) is 9.78 Å². The molecule has 0 bridgehead atoms. The van der Waals surface area contributed by atoms with Gasteiger partial charge in [0.05, 0.1) is 5.69 Å². The highest BCUT2D eigenvalue weighted by Gasteiger charge is 2.17. The van der Waals surface area contributed by atoms with Crippen LogP contribution in [0.2, 0.25) is 0 Å². The van der Waals surface area contributed by atoms with Gasteiger partial charge in [0.2, 0.25) is 0 Å². The van der Waals surface area contributed by atoms with Gasteiger partial charge < -0.3 is 10.1 Å². The molecule has 0 saturated heterocycles. The summed E-state index contributed by atoms with van der Waals surface area (Å²) in [5.41, 5.74) is 2.51. The van der Waals surface area contributed by atoms with Crippen LogP contribution >= 0.6 is 0 Å². The van der Waals surface area contributed by atoms with Crippen LogP contribution in [0.4, 0.5) is 0 Å². The number of nitrogens with zero attached hydrogens (tertiary/aromatic N) is 2. The maximum Gasteiger partial charge on any atom is 0.127 e. The molecule has 1 heterocycles. The molecule has 0 fully saturated rings. The number of aryl methyl sites for hydroxylation is 1. The van der Waals surface area contributed by atoms with Crippen molar-refractivity contribution in [2.24, 2.45) is 0 Å². The minimum absolute atomic E-state index is 0.240. The summed E-state index contributed by atoms with van der Waals surface area (Å²) in [7, 11) is 0. The summed E-state index contributed by atoms with van der Waals surface area (Å²) in [6.07, 6.45) is 4.09. The molecular weight excluding hydrogens is 334 g/mol. The Hall–Kier alpha value is -2.59. The average molecular weight is 364 g/mol. The lowest BCUT2D eigenvalue weighted by atomic mass is 10.0. The second kappa shape index (κ2) is 9.38. The first-order valence-corrected chi connectivity index (χ1v) is 9.81. The molecule has 0 saturated carbocycles. The molecule has 0 radical (unpaired) electrons. The number of nitrogens with one attached hydrogen (secondary N) is 1. The first kappa shape index (κ1) is 19.2. The van der Waals surface area contributed by atoms with Crippen molar-refractivity contribution in [3.8, 4) is 11.5 Å². The Bertz CT molecular complexity index is 811. The largest absolute Gasteiger partial charge is 0.457 e. The number of rotatable bonds is 9. The van der Waals surface area contributed by atoms with Gasteiger partial charge in [-0.2, -0.15) is 5.10 Å². The van der Waals surface area contributed by atoms with E-state index in [-0.39, 0.29) is 6.04 Å². The minimum Gasteiger partial charge on any atom is -0.457 e. The van der Waals surface area contributed by atoms with E-state index in [1.54, 1.807) is 0 Å². The number of hydrogen-bond donors (Lipinski definition) is 1. The molecule has 27 heavy (non-hydrogen) atoms. The summed E-state index contributed by atoms with van der Waals surface area (Å²) in [6, 6.07) is 20.9. The van der Waals surface area contributed by atoms with Gasteiger partial charge in [-0.25, -0.2) is 0 Å². The van der Waals surface area contributed by atoms with E-state index in [4.69, 9.17) is 4.74 Å². The van der Waals surface area contributed by atoms with Crippen LogP contribution in [0.3, 0.4) is 0 Å². The van der Waals surface area contributed by atoms with E-state index >= 15 is 0 Å². The van der Waals surface area contributed by atoms with Crippen molar-refractivity contribution < 1.29 is 4.74 Å². The lowest BCUT2D eigenvalue weighted by Gasteiger charge is -2.24. The SMILES string of the molecule is CCCC(NC(C)c1ccnn1CC)c1ccc(Oc2ccccc2)cc1. The van der Waals surface area contributed by atoms with Crippen molar-refractivity contribution in [3.63, 3.8) is 0 Å². The van der Waals surface area contributed by atoms with Crippen LogP contribution in [0.5, 0.6) is 11.5 Å². The lowest BCUT2D eigenvalue weighted by molar-refractivity contribution is 0.418. The zero-order chi connectivity index (χ0) is 19.1. The molecule has 1 aromatic heterocycles. The van der Waals surface area contributed by atoms with E-state index in [1.165, 1.54) is 11.3 Å². The fraction of sp³-hybridized carbons (Fsp3) is 0.348. The van der Waals surface area contributed by atoms with Crippen molar-refractivity contribution in [3.05, 3.63) is 78.1 Å². The summed E-state index contributed by atoms with van der Waals surface area (Å²) >= 11 is 0. The van der Waals surface area contributed by atoms with Crippen LogP contribution in [0.25, 0.3) is 0 Å². The molecule has 0 aliphatic rings. The summed E-state index contributed by atoms with van der Waals surface area (Å²) in [5, 5.41) is 8.17. The van der Waals surface area contributed by atoms with Crippen LogP contribution < -0.4 is 10.1 Å². The van der Waals surface area contributed by atoms with Gasteiger partial charge in [0.25, 0.3) is 0 Å². The number of para-hydroxylation sites is 1. The molecule has 0 amide bonds. The molecule has 142 valence electrons. The zero-order valence-electron chi connectivity index (χ0n) is 16.4. The molecule has 3 rings (SSSR count). The van der Waals surface area contributed by atoms with Crippen LogP contribution in [0.1, 0.15) is 57.0 Å². The van der Waals surface area contributed by atoms with E-state index in [1.807, 2.05) is 48.7 Å². The van der Waals surface area contributed by atoms with Crippen molar-refractivity contribution in [2.45, 2.75) is 52.2 Å².